The van der Waals surface area contributed by atoms with E-state index >= 15 is 0 Å². The number of piperazine rings is 1. The normalized spacial score (nSPS) is 16.2. The molecule has 1 saturated heterocycles. The summed E-state index contributed by atoms with van der Waals surface area (Å²) < 4.78 is 5.23. The molecule has 0 aliphatic carbocycles. The lowest BCUT2D eigenvalue weighted by Crippen LogP contribution is -2.56. The van der Waals surface area contributed by atoms with E-state index in [4.69, 9.17) is 4.74 Å². The number of rotatable bonds is 8. The smallest absolute Gasteiger partial charge is 0.237 e. The van der Waals surface area contributed by atoms with Crippen LogP contribution in [-0.4, -0.2) is 43.0 Å². The van der Waals surface area contributed by atoms with Crippen molar-refractivity contribution in [1.29, 1.82) is 0 Å². The van der Waals surface area contributed by atoms with Crippen LogP contribution >= 0.6 is 0 Å². The number of benzene rings is 3. The molecule has 0 radical (unpaired) electrons. The van der Waals surface area contributed by atoms with E-state index in [1.807, 2.05) is 42.5 Å². The maximum Gasteiger partial charge on any atom is 0.237 e. The van der Waals surface area contributed by atoms with Crippen LogP contribution < -0.4 is 15.4 Å². The van der Waals surface area contributed by atoms with Crippen LogP contribution in [0.15, 0.2) is 78.9 Å². The van der Waals surface area contributed by atoms with Crippen molar-refractivity contribution >= 4 is 11.8 Å². The first-order valence-corrected chi connectivity index (χ1v) is 11.2. The van der Waals surface area contributed by atoms with Crippen LogP contribution in [-0.2, 0) is 22.7 Å². The molecule has 1 fully saturated rings. The zero-order valence-corrected chi connectivity index (χ0v) is 18.8. The third-order valence-corrected chi connectivity index (χ3v) is 5.89. The highest BCUT2D eigenvalue weighted by atomic mass is 16.5. The highest BCUT2D eigenvalue weighted by Crippen LogP contribution is 2.21. The summed E-state index contributed by atoms with van der Waals surface area (Å²) in [7, 11) is 1.61. The van der Waals surface area contributed by atoms with Crippen LogP contribution in [0.2, 0.25) is 0 Å². The number of methoxy groups -OCH3 is 1. The van der Waals surface area contributed by atoms with E-state index in [9.17, 15) is 9.59 Å². The molecular weight excluding hydrogens is 414 g/mol. The van der Waals surface area contributed by atoms with Crippen molar-refractivity contribution in [2.45, 2.75) is 25.6 Å². The molecule has 1 atom stereocenters. The Hall–Kier alpha value is -3.64. The molecule has 33 heavy (non-hydrogen) atoms. The number of nitrogens with zero attached hydrogens (tertiary/aromatic N) is 1. The molecule has 4 rings (SSSR count). The maximum atomic E-state index is 12.6. The zero-order chi connectivity index (χ0) is 23.0. The van der Waals surface area contributed by atoms with Crippen molar-refractivity contribution in [2.24, 2.45) is 0 Å². The van der Waals surface area contributed by atoms with Crippen molar-refractivity contribution in [3.63, 3.8) is 0 Å². The molecule has 2 amide bonds. The topological polar surface area (TPSA) is 70.7 Å². The minimum absolute atomic E-state index is 0.0984. The minimum Gasteiger partial charge on any atom is -0.497 e. The minimum atomic E-state index is -0.488. The molecule has 3 aromatic carbocycles. The van der Waals surface area contributed by atoms with Crippen molar-refractivity contribution in [3.05, 3.63) is 90.0 Å². The monoisotopic (exact) mass is 443 g/mol. The summed E-state index contributed by atoms with van der Waals surface area (Å²) in [5, 5.41) is 5.82. The average Bonchev–Trinajstić information content (AvgIpc) is 2.86. The van der Waals surface area contributed by atoms with Gasteiger partial charge in [0.2, 0.25) is 11.8 Å². The summed E-state index contributed by atoms with van der Waals surface area (Å²) in [6.07, 6.45) is 0.123. The number of amides is 2. The van der Waals surface area contributed by atoms with E-state index in [1.54, 1.807) is 7.11 Å². The lowest BCUT2D eigenvalue weighted by molar-refractivity contribution is -0.134. The summed E-state index contributed by atoms with van der Waals surface area (Å²) in [6, 6.07) is 25.7. The molecule has 6 nitrogen and oxygen atoms in total. The SMILES string of the molecule is COc1cccc(CNC(=O)C[C@H]2C(=O)NCCN2Cc2ccc(-c3ccccc3)cc2)c1. The number of nitrogens with one attached hydrogen (secondary N) is 2. The van der Waals surface area contributed by atoms with Crippen molar-refractivity contribution in [3.8, 4) is 16.9 Å². The number of hydrogen-bond acceptors (Lipinski definition) is 4. The molecule has 0 spiro atoms. The lowest BCUT2D eigenvalue weighted by Gasteiger charge is -2.34. The Morgan fingerprint density at radius 2 is 1.76 bits per heavy atom. The van der Waals surface area contributed by atoms with Crippen LogP contribution in [0.4, 0.5) is 0 Å². The van der Waals surface area contributed by atoms with Gasteiger partial charge in [0, 0.05) is 26.2 Å². The Balaban J connectivity index is 1.37. The van der Waals surface area contributed by atoms with Gasteiger partial charge in [-0.3, -0.25) is 14.5 Å². The number of carbonyl (C=O) groups is 2. The summed E-state index contributed by atoms with van der Waals surface area (Å²) in [5.74, 6) is 0.501. The van der Waals surface area contributed by atoms with Gasteiger partial charge in [0.25, 0.3) is 0 Å². The van der Waals surface area contributed by atoms with Crippen LogP contribution in [0.25, 0.3) is 11.1 Å². The Kier molecular flexibility index (Phi) is 7.37. The van der Waals surface area contributed by atoms with Crippen molar-refractivity contribution < 1.29 is 14.3 Å². The van der Waals surface area contributed by atoms with Crippen molar-refractivity contribution in [2.75, 3.05) is 20.2 Å². The van der Waals surface area contributed by atoms with E-state index < -0.39 is 6.04 Å². The number of ether oxygens (including phenoxy) is 1. The van der Waals surface area contributed by atoms with Gasteiger partial charge in [0.1, 0.15) is 5.75 Å². The molecule has 0 bridgehead atoms. The molecule has 170 valence electrons. The lowest BCUT2D eigenvalue weighted by atomic mass is 10.0. The molecule has 1 heterocycles. The molecule has 1 aliphatic rings. The van der Waals surface area contributed by atoms with Gasteiger partial charge in [-0.1, -0.05) is 66.7 Å². The molecule has 1 aliphatic heterocycles. The Bertz CT molecular complexity index is 1080. The van der Waals surface area contributed by atoms with Crippen molar-refractivity contribution in [1.82, 2.24) is 15.5 Å². The van der Waals surface area contributed by atoms with Crippen LogP contribution in [0.3, 0.4) is 0 Å². The van der Waals surface area contributed by atoms with Gasteiger partial charge in [-0.05, 0) is 34.4 Å². The molecule has 3 aromatic rings. The molecule has 0 unspecified atom stereocenters. The van der Waals surface area contributed by atoms with Crippen LogP contribution in [0.5, 0.6) is 5.75 Å². The predicted molar refractivity (Wildman–Crippen MR) is 129 cm³/mol. The van der Waals surface area contributed by atoms with Gasteiger partial charge in [0.15, 0.2) is 0 Å². The number of carbonyl (C=O) groups excluding carboxylic acids is 2. The third-order valence-electron chi connectivity index (χ3n) is 5.89. The third kappa shape index (κ3) is 5.99. The summed E-state index contributed by atoms with van der Waals surface area (Å²) in [6.45, 7) is 2.31. The standard InChI is InChI=1S/C27H29N3O3/c1-33-24-9-5-6-21(16-24)18-29-26(31)17-25-27(32)28-14-15-30(25)19-20-10-12-23(13-11-20)22-7-3-2-4-8-22/h2-13,16,25H,14-15,17-19H2,1H3,(H,28,32)(H,29,31)/t25-/m0/s1. The fraction of sp³-hybridized carbons (Fsp3) is 0.259. The number of hydrogen-bond donors (Lipinski definition) is 2. The van der Waals surface area contributed by atoms with Gasteiger partial charge in [-0.25, -0.2) is 0 Å². The van der Waals surface area contributed by atoms with Gasteiger partial charge >= 0.3 is 0 Å². The zero-order valence-electron chi connectivity index (χ0n) is 18.8. The van der Waals surface area contributed by atoms with Gasteiger partial charge in [-0.2, -0.15) is 0 Å². The van der Waals surface area contributed by atoms with E-state index in [0.717, 1.165) is 22.4 Å². The molecule has 0 saturated carbocycles. The second-order valence-electron chi connectivity index (χ2n) is 8.17. The first kappa shape index (κ1) is 22.6. The fourth-order valence-electron chi connectivity index (χ4n) is 4.07. The quantitative estimate of drug-likeness (QED) is 0.560. The Morgan fingerprint density at radius 3 is 2.52 bits per heavy atom. The highest BCUT2D eigenvalue weighted by Gasteiger charge is 2.31. The first-order chi connectivity index (χ1) is 16.1. The second-order valence-corrected chi connectivity index (χ2v) is 8.17. The Labute approximate surface area is 194 Å². The van der Waals surface area contributed by atoms with E-state index in [0.29, 0.717) is 26.2 Å². The maximum absolute atomic E-state index is 12.6. The van der Waals surface area contributed by atoms with E-state index in [2.05, 4.69) is 51.9 Å². The summed E-state index contributed by atoms with van der Waals surface area (Å²) in [5.41, 5.74) is 4.40. The molecule has 2 N–H and O–H groups in total. The largest absolute Gasteiger partial charge is 0.497 e. The van der Waals surface area contributed by atoms with Gasteiger partial charge < -0.3 is 15.4 Å². The highest BCUT2D eigenvalue weighted by molar-refractivity contribution is 5.88. The molecule has 0 aromatic heterocycles. The molecular formula is C27H29N3O3. The fourth-order valence-corrected chi connectivity index (χ4v) is 4.07. The van der Waals surface area contributed by atoms with Crippen LogP contribution in [0.1, 0.15) is 17.5 Å². The van der Waals surface area contributed by atoms with E-state index in [-0.39, 0.29) is 18.2 Å². The average molecular weight is 444 g/mol. The summed E-state index contributed by atoms with van der Waals surface area (Å²) in [4.78, 5) is 27.3. The van der Waals surface area contributed by atoms with Crippen LogP contribution in [0, 0.1) is 0 Å². The second kappa shape index (κ2) is 10.8. The predicted octanol–water partition coefficient (Wildman–Crippen LogP) is 3.37. The van der Waals surface area contributed by atoms with Gasteiger partial charge in [-0.15, -0.1) is 0 Å². The summed E-state index contributed by atoms with van der Waals surface area (Å²) >= 11 is 0. The van der Waals surface area contributed by atoms with E-state index in [1.165, 1.54) is 5.56 Å². The first-order valence-electron chi connectivity index (χ1n) is 11.2. The van der Waals surface area contributed by atoms with Gasteiger partial charge in [0.05, 0.1) is 19.6 Å². The molecule has 6 heteroatoms. The Morgan fingerprint density at radius 1 is 1.00 bits per heavy atom.